The molecule has 1 fully saturated rings. The highest BCUT2D eigenvalue weighted by Crippen LogP contribution is 2.38. The zero-order valence-corrected chi connectivity index (χ0v) is 18.8. The van der Waals surface area contributed by atoms with Crippen LogP contribution in [-0.2, 0) is 16.6 Å². The highest BCUT2D eigenvalue weighted by atomic mass is 19.3. The van der Waals surface area contributed by atoms with Gasteiger partial charge in [0.1, 0.15) is 5.60 Å². The lowest BCUT2D eigenvalue weighted by atomic mass is 9.95. The van der Waals surface area contributed by atoms with Crippen molar-refractivity contribution >= 4 is 40.3 Å². The Balaban J connectivity index is 1.64. The summed E-state index contributed by atoms with van der Waals surface area (Å²) in [4.78, 5) is 38.2. The Morgan fingerprint density at radius 3 is 2.61 bits per heavy atom. The number of nitrogens with zero attached hydrogens (tertiary/aromatic N) is 4. The topological polar surface area (TPSA) is 96.8 Å². The van der Waals surface area contributed by atoms with Gasteiger partial charge in [0.15, 0.2) is 5.82 Å². The summed E-state index contributed by atoms with van der Waals surface area (Å²) in [5, 5.41) is 7.22. The van der Waals surface area contributed by atoms with E-state index in [1.54, 1.807) is 46.0 Å². The lowest BCUT2D eigenvalue weighted by molar-refractivity contribution is -0.120. The number of halogens is 2. The molecule has 2 aromatic rings. The van der Waals surface area contributed by atoms with Crippen LogP contribution in [0.1, 0.15) is 32.8 Å². The van der Waals surface area contributed by atoms with Crippen molar-refractivity contribution in [3.8, 4) is 0 Å². The number of nitrogens with one attached hydrogen (secondary N) is 1. The predicted molar refractivity (Wildman–Crippen MR) is 117 cm³/mol. The Hall–Kier alpha value is -3.50. The van der Waals surface area contributed by atoms with Crippen LogP contribution in [0.25, 0.3) is 16.5 Å². The third-order valence-corrected chi connectivity index (χ3v) is 5.40. The molecule has 176 valence electrons. The zero-order chi connectivity index (χ0) is 24.1. The Kier molecular flexibility index (Phi) is 5.38. The summed E-state index contributed by atoms with van der Waals surface area (Å²) in [7, 11) is 1.65. The molecule has 0 atom stereocenters. The van der Waals surface area contributed by atoms with Crippen molar-refractivity contribution in [2.45, 2.75) is 38.7 Å². The number of anilines is 1. The minimum atomic E-state index is -3.28. The normalized spacial score (nSPS) is 18.9. The van der Waals surface area contributed by atoms with E-state index in [0.717, 1.165) is 4.90 Å². The number of carbonyl (C=O) groups excluding carboxylic acids is 3. The number of alkyl halides is 2. The van der Waals surface area contributed by atoms with E-state index in [2.05, 4.69) is 10.4 Å². The van der Waals surface area contributed by atoms with Crippen molar-refractivity contribution in [1.29, 1.82) is 0 Å². The molecule has 0 saturated carbocycles. The quantitative estimate of drug-likeness (QED) is 0.740. The monoisotopic (exact) mass is 461 g/mol. The summed E-state index contributed by atoms with van der Waals surface area (Å²) in [6.07, 6.45) is 0.688. The predicted octanol–water partition coefficient (Wildman–Crippen LogP) is 3.29. The average molecular weight is 461 g/mol. The van der Waals surface area contributed by atoms with Gasteiger partial charge in [-0.2, -0.15) is 13.9 Å². The first-order valence-electron chi connectivity index (χ1n) is 10.5. The number of urea groups is 1. The van der Waals surface area contributed by atoms with E-state index in [1.165, 1.54) is 15.7 Å². The summed E-state index contributed by atoms with van der Waals surface area (Å²) in [5.74, 6) is -3.28. The first-order chi connectivity index (χ1) is 15.4. The second-order valence-electron chi connectivity index (χ2n) is 9.12. The molecular formula is C22H25F2N5O4. The first kappa shape index (κ1) is 22.7. The van der Waals surface area contributed by atoms with Crippen LogP contribution in [0.15, 0.2) is 24.3 Å². The SMILES string of the molecule is Cn1nc(N2CCC(=O)NC2=O)c2ccc(C3=CCN(C(=O)OC(C)(C)C)CC3(F)F)cc21. The number of ether oxygens (including phenoxy) is 1. The van der Waals surface area contributed by atoms with E-state index in [4.69, 9.17) is 4.74 Å². The van der Waals surface area contributed by atoms with E-state index >= 15 is 8.78 Å². The summed E-state index contributed by atoms with van der Waals surface area (Å²) in [6.45, 7) is 4.42. The number of rotatable bonds is 2. The van der Waals surface area contributed by atoms with E-state index < -0.39 is 30.2 Å². The fourth-order valence-electron chi connectivity index (χ4n) is 3.91. The average Bonchev–Trinajstić information content (AvgIpc) is 3.01. The van der Waals surface area contributed by atoms with Crippen molar-refractivity contribution in [2.75, 3.05) is 24.5 Å². The van der Waals surface area contributed by atoms with Crippen molar-refractivity contribution in [1.82, 2.24) is 20.0 Å². The molecule has 0 bridgehead atoms. The Morgan fingerprint density at radius 2 is 1.97 bits per heavy atom. The Morgan fingerprint density at radius 1 is 1.24 bits per heavy atom. The number of benzene rings is 1. The standard InChI is InChI=1S/C22H25F2N5O4/c1-21(2,3)33-20(32)28-9-7-15(22(23,24)12-28)13-5-6-14-16(11-13)27(4)26-18(14)29-10-8-17(30)25-19(29)31/h5-7,11H,8-10,12H2,1-4H3,(H,25,30,31). The van der Waals surface area contributed by atoms with Gasteiger partial charge in [0, 0.05) is 37.5 Å². The van der Waals surface area contributed by atoms with Crippen LogP contribution < -0.4 is 10.2 Å². The number of imide groups is 1. The number of hydrogen-bond acceptors (Lipinski definition) is 5. The van der Waals surface area contributed by atoms with Crippen LogP contribution in [0.3, 0.4) is 0 Å². The largest absolute Gasteiger partial charge is 0.444 e. The molecule has 1 saturated heterocycles. The van der Waals surface area contributed by atoms with Crippen molar-refractivity contribution in [3.05, 3.63) is 29.8 Å². The molecular weight excluding hydrogens is 436 g/mol. The smallest absolute Gasteiger partial charge is 0.410 e. The number of hydrogen-bond donors (Lipinski definition) is 1. The van der Waals surface area contributed by atoms with Gasteiger partial charge >= 0.3 is 12.1 Å². The number of aryl methyl sites for hydroxylation is 1. The van der Waals surface area contributed by atoms with E-state index in [9.17, 15) is 14.4 Å². The second kappa shape index (κ2) is 7.82. The van der Waals surface area contributed by atoms with Gasteiger partial charge in [-0.05, 0) is 38.5 Å². The molecule has 2 aliphatic heterocycles. The van der Waals surface area contributed by atoms with Gasteiger partial charge in [0.2, 0.25) is 5.91 Å². The van der Waals surface area contributed by atoms with Crippen molar-refractivity contribution < 1.29 is 27.9 Å². The maximum absolute atomic E-state index is 15.0. The molecule has 1 N–H and O–H groups in total. The second-order valence-corrected chi connectivity index (χ2v) is 9.12. The molecule has 4 amide bonds. The highest BCUT2D eigenvalue weighted by molar-refractivity contribution is 6.09. The number of fused-ring (bicyclic) bond motifs is 1. The van der Waals surface area contributed by atoms with Gasteiger partial charge in [0.05, 0.1) is 12.1 Å². The van der Waals surface area contributed by atoms with Gasteiger partial charge in [-0.15, -0.1) is 0 Å². The molecule has 0 unspecified atom stereocenters. The van der Waals surface area contributed by atoms with Crippen LogP contribution >= 0.6 is 0 Å². The van der Waals surface area contributed by atoms with Gasteiger partial charge in [-0.3, -0.25) is 24.6 Å². The van der Waals surface area contributed by atoms with Gasteiger partial charge in [0.25, 0.3) is 5.92 Å². The Labute approximate surface area is 188 Å². The lowest BCUT2D eigenvalue weighted by Gasteiger charge is -2.34. The summed E-state index contributed by atoms with van der Waals surface area (Å²) in [6, 6.07) is 4.19. The van der Waals surface area contributed by atoms with Gasteiger partial charge in [-0.1, -0.05) is 12.1 Å². The molecule has 11 heteroatoms. The van der Waals surface area contributed by atoms with Crippen molar-refractivity contribution in [2.24, 2.45) is 7.05 Å². The molecule has 33 heavy (non-hydrogen) atoms. The molecule has 4 rings (SSSR count). The third kappa shape index (κ3) is 4.39. The maximum Gasteiger partial charge on any atom is 0.410 e. The molecule has 0 aliphatic carbocycles. The Bertz CT molecular complexity index is 1180. The number of carbonyl (C=O) groups is 3. The molecule has 1 aromatic carbocycles. The van der Waals surface area contributed by atoms with Crippen LogP contribution in [0.5, 0.6) is 0 Å². The van der Waals surface area contributed by atoms with Crippen molar-refractivity contribution in [3.63, 3.8) is 0 Å². The fraction of sp³-hybridized carbons (Fsp3) is 0.455. The minimum Gasteiger partial charge on any atom is -0.444 e. The number of aromatic nitrogens is 2. The third-order valence-electron chi connectivity index (χ3n) is 5.40. The molecule has 0 spiro atoms. The minimum absolute atomic E-state index is 0.00348. The summed E-state index contributed by atoms with van der Waals surface area (Å²) >= 11 is 0. The van der Waals surface area contributed by atoms with E-state index in [-0.39, 0.29) is 31.0 Å². The molecule has 0 radical (unpaired) electrons. The lowest BCUT2D eigenvalue weighted by Crippen LogP contribution is -2.49. The van der Waals surface area contributed by atoms with Crippen LogP contribution in [0.2, 0.25) is 0 Å². The van der Waals surface area contributed by atoms with Crippen LogP contribution in [0, 0.1) is 0 Å². The van der Waals surface area contributed by atoms with Gasteiger partial charge in [-0.25, -0.2) is 9.59 Å². The summed E-state index contributed by atoms with van der Waals surface area (Å²) in [5.41, 5.74) is -0.118. The molecule has 1 aromatic heterocycles. The molecule has 2 aliphatic rings. The number of amides is 4. The fourth-order valence-corrected chi connectivity index (χ4v) is 3.91. The van der Waals surface area contributed by atoms with Crippen LogP contribution in [0.4, 0.5) is 24.2 Å². The van der Waals surface area contributed by atoms with Crippen LogP contribution in [-0.4, -0.2) is 63.9 Å². The molecule has 9 nitrogen and oxygen atoms in total. The maximum atomic E-state index is 15.0. The highest BCUT2D eigenvalue weighted by Gasteiger charge is 2.42. The zero-order valence-electron chi connectivity index (χ0n) is 18.8. The molecule has 3 heterocycles. The van der Waals surface area contributed by atoms with E-state index in [0.29, 0.717) is 22.3 Å². The van der Waals surface area contributed by atoms with Gasteiger partial charge < -0.3 is 4.74 Å². The first-order valence-corrected chi connectivity index (χ1v) is 10.5. The van der Waals surface area contributed by atoms with E-state index in [1.807, 2.05) is 0 Å². The summed E-state index contributed by atoms with van der Waals surface area (Å²) < 4.78 is 36.8.